The van der Waals surface area contributed by atoms with Crippen molar-refractivity contribution in [3.05, 3.63) is 53.6 Å². The largest absolute Gasteiger partial charge is 0.462 e. The fourth-order valence-corrected chi connectivity index (χ4v) is 2.01. The molecule has 1 aromatic carbocycles. The topological polar surface area (TPSA) is 44.1 Å². The van der Waals surface area contributed by atoms with Crippen molar-refractivity contribution in [2.24, 2.45) is 0 Å². The Morgan fingerprint density at radius 2 is 2.16 bits per heavy atom. The van der Waals surface area contributed by atoms with Crippen molar-refractivity contribution in [3.8, 4) is 0 Å². The molecule has 0 spiro atoms. The number of alkyl halides is 1. The minimum atomic E-state index is -0.318. The average Bonchev–Trinajstić information content (AvgIpc) is 2.91. The van der Waals surface area contributed by atoms with Gasteiger partial charge in [-0.2, -0.15) is 0 Å². The van der Waals surface area contributed by atoms with Gasteiger partial charge in [0.2, 0.25) is 0 Å². The zero-order chi connectivity index (χ0) is 13.7. The van der Waals surface area contributed by atoms with Crippen molar-refractivity contribution in [2.75, 3.05) is 6.61 Å². The van der Waals surface area contributed by atoms with E-state index in [1.807, 2.05) is 22.9 Å². The van der Waals surface area contributed by atoms with Gasteiger partial charge < -0.3 is 9.30 Å². The van der Waals surface area contributed by atoms with Crippen molar-refractivity contribution < 1.29 is 9.53 Å². The van der Waals surface area contributed by atoms with Crippen LogP contribution in [0.15, 0.2) is 36.9 Å². The van der Waals surface area contributed by atoms with Gasteiger partial charge >= 0.3 is 5.97 Å². The second kappa shape index (κ2) is 6.38. The second-order valence-electron chi connectivity index (χ2n) is 4.13. The smallest absolute Gasteiger partial charge is 0.338 e. The molecule has 0 aliphatic carbocycles. The van der Waals surface area contributed by atoms with Gasteiger partial charge in [0.1, 0.15) is 0 Å². The number of nitrogens with zero attached hydrogens (tertiary/aromatic N) is 2. The zero-order valence-corrected chi connectivity index (χ0v) is 11.4. The number of ether oxygens (including phenoxy) is 1. The van der Waals surface area contributed by atoms with Crippen molar-refractivity contribution in [1.82, 2.24) is 9.55 Å². The van der Waals surface area contributed by atoms with E-state index in [1.165, 1.54) is 0 Å². The predicted molar refractivity (Wildman–Crippen MR) is 73.3 cm³/mol. The summed E-state index contributed by atoms with van der Waals surface area (Å²) in [4.78, 5) is 15.8. The third-order valence-corrected chi connectivity index (χ3v) is 2.95. The van der Waals surface area contributed by atoms with E-state index in [0.717, 1.165) is 11.1 Å². The quantitative estimate of drug-likeness (QED) is 0.624. The van der Waals surface area contributed by atoms with Crippen LogP contribution < -0.4 is 0 Å². The lowest BCUT2D eigenvalue weighted by Gasteiger charge is -2.08. The minimum Gasteiger partial charge on any atom is -0.462 e. The van der Waals surface area contributed by atoms with Gasteiger partial charge in [0.15, 0.2) is 0 Å². The van der Waals surface area contributed by atoms with E-state index < -0.39 is 0 Å². The summed E-state index contributed by atoms with van der Waals surface area (Å²) in [7, 11) is 0. The van der Waals surface area contributed by atoms with Crippen molar-refractivity contribution >= 4 is 17.6 Å². The molecular formula is C14H15ClN2O2. The Bertz CT molecular complexity index is 553. The molecule has 0 aliphatic heterocycles. The van der Waals surface area contributed by atoms with Crippen molar-refractivity contribution in [3.63, 3.8) is 0 Å². The lowest BCUT2D eigenvalue weighted by atomic mass is 10.1. The van der Waals surface area contributed by atoms with Gasteiger partial charge in [0.05, 0.1) is 18.5 Å². The average molecular weight is 279 g/mol. The minimum absolute atomic E-state index is 0.318. The third-order valence-electron chi connectivity index (χ3n) is 2.64. The van der Waals surface area contributed by atoms with Gasteiger partial charge in [-0.25, -0.2) is 9.78 Å². The Hall–Kier alpha value is -1.81. The highest BCUT2D eigenvalue weighted by atomic mass is 35.5. The lowest BCUT2D eigenvalue weighted by molar-refractivity contribution is 0.0526. The van der Waals surface area contributed by atoms with Gasteiger partial charge in [-0.1, -0.05) is 6.07 Å². The summed E-state index contributed by atoms with van der Waals surface area (Å²) in [6.45, 7) is 2.80. The summed E-state index contributed by atoms with van der Waals surface area (Å²) in [5, 5.41) is 0. The molecule has 0 unspecified atom stereocenters. The normalized spacial score (nSPS) is 10.4. The number of hydrogen-bond donors (Lipinski definition) is 0. The van der Waals surface area contributed by atoms with Crippen LogP contribution >= 0.6 is 11.6 Å². The van der Waals surface area contributed by atoms with Gasteiger partial charge in [-0.15, -0.1) is 11.6 Å². The summed E-state index contributed by atoms with van der Waals surface area (Å²) in [5.41, 5.74) is 2.44. The lowest BCUT2D eigenvalue weighted by Crippen LogP contribution is -2.07. The molecule has 0 fully saturated rings. The summed E-state index contributed by atoms with van der Waals surface area (Å²) < 4.78 is 6.95. The molecule has 0 radical (unpaired) electrons. The first kappa shape index (κ1) is 13.6. The van der Waals surface area contributed by atoms with Crippen LogP contribution in [0.2, 0.25) is 0 Å². The number of aromatic nitrogens is 2. The molecule has 0 bridgehead atoms. The van der Waals surface area contributed by atoms with E-state index in [1.54, 1.807) is 25.5 Å². The molecule has 0 saturated heterocycles. The summed E-state index contributed by atoms with van der Waals surface area (Å²) in [6, 6.07) is 5.58. The van der Waals surface area contributed by atoms with Crippen LogP contribution in [0.5, 0.6) is 0 Å². The Labute approximate surface area is 117 Å². The highest BCUT2D eigenvalue weighted by Crippen LogP contribution is 2.15. The van der Waals surface area contributed by atoms with Gasteiger partial charge in [0.25, 0.3) is 0 Å². The van der Waals surface area contributed by atoms with E-state index in [0.29, 0.717) is 24.6 Å². The Morgan fingerprint density at radius 1 is 1.37 bits per heavy atom. The van der Waals surface area contributed by atoms with Crippen molar-refractivity contribution in [1.29, 1.82) is 0 Å². The summed E-state index contributed by atoms with van der Waals surface area (Å²) in [5.74, 6) is 0.0471. The predicted octanol–water partition coefficient (Wildman–Crippen LogP) is 2.85. The molecule has 5 heteroatoms. The van der Waals surface area contributed by atoms with E-state index in [4.69, 9.17) is 16.3 Å². The molecule has 19 heavy (non-hydrogen) atoms. The fourth-order valence-electron chi connectivity index (χ4n) is 1.85. The van der Waals surface area contributed by atoms with Crippen LogP contribution in [-0.2, 0) is 17.2 Å². The molecule has 2 aromatic rings. The first-order valence-electron chi connectivity index (χ1n) is 6.04. The third kappa shape index (κ3) is 3.58. The fraction of sp³-hybridized carbons (Fsp3) is 0.286. The standard InChI is InChI=1S/C14H15ClN2O2/c1-2-19-14(18)13-6-11(8-15)5-12(7-13)9-17-4-3-16-10-17/h3-7,10H,2,8-9H2,1H3. The maximum Gasteiger partial charge on any atom is 0.338 e. The van der Waals surface area contributed by atoms with Crippen LogP contribution in [0.4, 0.5) is 0 Å². The highest BCUT2D eigenvalue weighted by Gasteiger charge is 2.09. The number of carbonyl (C=O) groups is 1. The molecule has 0 amide bonds. The monoisotopic (exact) mass is 278 g/mol. The van der Waals surface area contributed by atoms with Crippen LogP contribution in [-0.4, -0.2) is 22.1 Å². The molecule has 2 rings (SSSR count). The van der Waals surface area contributed by atoms with Crippen molar-refractivity contribution in [2.45, 2.75) is 19.3 Å². The molecular weight excluding hydrogens is 264 g/mol. The number of esters is 1. The number of benzene rings is 1. The molecule has 4 nitrogen and oxygen atoms in total. The number of rotatable bonds is 5. The summed E-state index contributed by atoms with van der Waals surface area (Å²) >= 11 is 5.86. The van der Waals surface area contributed by atoms with Gasteiger partial charge in [-0.3, -0.25) is 0 Å². The highest BCUT2D eigenvalue weighted by molar-refractivity contribution is 6.17. The maximum atomic E-state index is 11.8. The van der Waals surface area contributed by atoms with E-state index in [2.05, 4.69) is 4.98 Å². The molecule has 0 saturated carbocycles. The molecule has 1 heterocycles. The first-order valence-corrected chi connectivity index (χ1v) is 6.58. The maximum absolute atomic E-state index is 11.8. The molecule has 100 valence electrons. The Kier molecular flexibility index (Phi) is 4.58. The molecule has 0 aliphatic rings. The van der Waals surface area contributed by atoms with E-state index in [-0.39, 0.29) is 5.97 Å². The van der Waals surface area contributed by atoms with Crippen LogP contribution in [0.3, 0.4) is 0 Å². The number of halogens is 1. The van der Waals surface area contributed by atoms with E-state index >= 15 is 0 Å². The zero-order valence-electron chi connectivity index (χ0n) is 10.7. The number of hydrogen-bond acceptors (Lipinski definition) is 3. The number of imidazole rings is 1. The second-order valence-corrected chi connectivity index (χ2v) is 4.39. The summed E-state index contributed by atoms with van der Waals surface area (Å²) in [6.07, 6.45) is 5.33. The van der Waals surface area contributed by atoms with Gasteiger partial charge in [-0.05, 0) is 30.2 Å². The number of carbonyl (C=O) groups excluding carboxylic acids is 1. The molecule has 0 N–H and O–H groups in total. The Morgan fingerprint density at radius 3 is 2.79 bits per heavy atom. The van der Waals surface area contributed by atoms with Crippen LogP contribution in [0, 0.1) is 0 Å². The van der Waals surface area contributed by atoms with Crippen LogP contribution in [0.25, 0.3) is 0 Å². The molecule has 1 aromatic heterocycles. The Balaban J connectivity index is 2.27. The SMILES string of the molecule is CCOC(=O)c1cc(CCl)cc(Cn2ccnc2)c1. The first-order chi connectivity index (χ1) is 9.22. The van der Waals surface area contributed by atoms with Crippen LogP contribution in [0.1, 0.15) is 28.4 Å². The molecule has 0 atom stereocenters. The van der Waals surface area contributed by atoms with E-state index in [9.17, 15) is 4.79 Å². The van der Waals surface area contributed by atoms with Gasteiger partial charge in [0, 0.05) is 24.8 Å².